The number of amides is 1. The van der Waals surface area contributed by atoms with Gasteiger partial charge >= 0.3 is 5.97 Å². The van der Waals surface area contributed by atoms with E-state index in [1.807, 2.05) is 13.0 Å². The van der Waals surface area contributed by atoms with Crippen LogP contribution in [0.1, 0.15) is 15.2 Å². The van der Waals surface area contributed by atoms with Crippen molar-refractivity contribution in [1.29, 1.82) is 0 Å². The lowest BCUT2D eigenvalue weighted by Crippen LogP contribution is -2.20. The van der Waals surface area contributed by atoms with E-state index in [9.17, 15) is 9.59 Å². The number of hydrogen-bond acceptors (Lipinski definition) is 4. The molecule has 0 saturated heterocycles. The minimum atomic E-state index is -0.508. The van der Waals surface area contributed by atoms with Gasteiger partial charge in [-0.15, -0.1) is 11.3 Å². The summed E-state index contributed by atoms with van der Waals surface area (Å²) in [6, 6.07) is 8.87. The molecular formula is C14H11Br2NO3S. The van der Waals surface area contributed by atoms with Crippen molar-refractivity contribution in [2.75, 3.05) is 11.9 Å². The van der Waals surface area contributed by atoms with Crippen molar-refractivity contribution in [1.82, 2.24) is 0 Å². The van der Waals surface area contributed by atoms with Gasteiger partial charge in [-0.1, -0.05) is 22.0 Å². The number of carbonyl (C=O) groups is 2. The Morgan fingerprint density at radius 1 is 1.24 bits per heavy atom. The van der Waals surface area contributed by atoms with Crippen LogP contribution in [0.4, 0.5) is 5.69 Å². The molecule has 1 amide bonds. The van der Waals surface area contributed by atoms with Gasteiger partial charge in [-0.2, -0.15) is 0 Å². The zero-order valence-corrected chi connectivity index (χ0v) is 15.0. The molecule has 0 unspecified atom stereocenters. The number of aryl methyl sites for hydroxylation is 1. The number of thiophene rings is 1. The molecule has 7 heteroatoms. The number of esters is 1. The molecule has 4 nitrogen and oxygen atoms in total. The lowest BCUT2D eigenvalue weighted by atomic mass is 10.2. The maximum atomic E-state index is 11.7. The minimum absolute atomic E-state index is 0.320. The fourth-order valence-corrected chi connectivity index (χ4v) is 3.15. The molecule has 0 fully saturated rings. The van der Waals surface area contributed by atoms with Crippen LogP contribution in [0.25, 0.3) is 0 Å². The maximum Gasteiger partial charge on any atom is 0.348 e. The molecule has 0 spiro atoms. The standard InChI is InChI=1S/C14H11Br2NO3S/c1-8-2-3-9(6-10(8)15)17-13(18)7-20-14(19)11-4-5-12(16)21-11/h2-6H,7H2,1H3,(H,17,18). The molecular weight excluding hydrogens is 422 g/mol. The normalized spacial score (nSPS) is 10.2. The Balaban J connectivity index is 1.87. The zero-order valence-electron chi connectivity index (χ0n) is 11.0. The van der Waals surface area contributed by atoms with Crippen LogP contribution < -0.4 is 5.32 Å². The molecule has 0 aliphatic rings. The van der Waals surface area contributed by atoms with Gasteiger partial charge in [-0.3, -0.25) is 4.79 Å². The molecule has 1 aromatic heterocycles. The van der Waals surface area contributed by atoms with Crippen LogP contribution in [0.15, 0.2) is 38.6 Å². The van der Waals surface area contributed by atoms with Crippen LogP contribution in [0.5, 0.6) is 0 Å². The van der Waals surface area contributed by atoms with E-state index in [-0.39, 0.29) is 12.5 Å². The molecule has 0 aliphatic carbocycles. The predicted molar refractivity (Wildman–Crippen MR) is 89.8 cm³/mol. The molecule has 21 heavy (non-hydrogen) atoms. The summed E-state index contributed by atoms with van der Waals surface area (Å²) >= 11 is 7.91. The lowest BCUT2D eigenvalue weighted by Gasteiger charge is -2.07. The number of carbonyl (C=O) groups excluding carboxylic acids is 2. The molecule has 1 aromatic carbocycles. The molecule has 0 atom stereocenters. The second kappa shape index (κ2) is 7.20. The molecule has 1 heterocycles. The maximum absolute atomic E-state index is 11.7. The van der Waals surface area contributed by atoms with E-state index < -0.39 is 5.97 Å². The Kier molecular flexibility index (Phi) is 5.55. The summed E-state index contributed by atoms with van der Waals surface area (Å²) in [5, 5.41) is 2.67. The molecule has 0 aliphatic heterocycles. The molecule has 0 radical (unpaired) electrons. The Labute approximate surface area is 142 Å². The van der Waals surface area contributed by atoms with E-state index in [1.54, 1.807) is 24.3 Å². The average Bonchev–Trinajstić information content (AvgIpc) is 2.87. The molecule has 2 aromatic rings. The van der Waals surface area contributed by atoms with Gasteiger partial charge in [0, 0.05) is 10.2 Å². The van der Waals surface area contributed by atoms with E-state index >= 15 is 0 Å². The molecule has 1 N–H and O–H groups in total. The topological polar surface area (TPSA) is 55.4 Å². The Hall–Kier alpha value is -1.18. The third-order valence-electron chi connectivity index (χ3n) is 2.56. The number of nitrogens with one attached hydrogen (secondary N) is 1. The van der Waals surface area contributed by atoms with Crippen LogP contribution in [0, 0.1) is 6.92 Å². The van der Waals surface area contributed by atoms with Crippen molar-refractivity contribution in [3.05, 3.63) is 49.0 Å². The third kappa shape index (κ3) is 4.66. The SMILES string of the molecule is Cc1ccc(NC(=O)COC(=O)c2ccc(Br)s2)cc1Br. The minimum Gasteiger partial charge on any atom is -0.451 e. The van der Waals surface area contributed by atoms with Crippen molar-refractivity contribution >= 4 is 60.8 Å². The van der Waals surface area contributed by atoms with Gasteiger partial charge in [0.05, 0.1) is 3.79 Å². The summed E-state index contributed by atoms with van der Waals surface area (Å²) in [6.07, 6.45) is 0. The Morgan fingerprint density at radius 3 is 2.62 bits per heavy atom. The van der Waals surface area contributed by atoms with Gasteiger partial charge in [0.15, 0.2) is 6.61 Å². The largest absolute Gasteiger partial charge is 0.451 e. The van der Waals surface area contributed by atoms with Gasteiger partial charge in [0.25, 0.3) is 5.91 Å². The molecule has 2 rings (SSSR count). The molecule has 0 saturated carbocycles. The zero-order chi connectivity index (χ0) is 15.4. The molecule has 110 valence electrons. The van der Waals surface area contributed by atoms with E-state index in [1.165, 1.54) is 11.3 Å². The fourth-order valence-electron chi connectivity index (χ4n) is 1.49. The highest BCUT2D eigenvalue weighted by Gasteiger charge is 2.12. The fraction of sp³-hybridized carbons (Fsp3) is 0.143. The van der Waals surface area contributed by atoms with Gasteiger partial charge in [-0.05, 0) is 52.7 Å². The van der Waals surface area contributed by atoms with E-state index in [2.05, 4.69) is 37.2 Å². The number of anilines is 1. The van der Waals surface area contributed by atoms with Crippen molar-refractivity contribution in [2.24, 2.45) is 0 Å². The van der Waals surface area contributed by atoms with Gasteiger partial charge in [0.1, 0.15) is 4.88 Å². The van der Waals surface area contributed by atoms with Crippen molar-refractivity contribution in [3.63, 3.8) is 0 Å². The van der Waals surface area contributed by atoms with E-state index in [4.69, 9.17) is 4.74 Å². The van der Waals surface area contributed by atoms with Crippen molar-refractivity contribution in [2.45, 2.75) is 6.92 Å². The summed E-state index contributed by atoms with van der Waals surface area (Å²) in [7, 11) is 0. The van der Waals surface area contributed by atoms with Crippen LogP contribution >= 0.6 is 43.2 Å². The third-order valence-corrected chi connectivity index (χ3v) is 5.02. The summed E-state index contributed by atoms with van der Waals surface area (Å²) < 4.78 is 6.70. The highest BCUT2D eigenvalue weighted by Crippen LogP contribution is 2.23. The average molecular weight is 433 g/mol. The summed E-state index contributed by atoms with van der Waals surface area (Å²) in [4.78, 5) is 23.9. The first-order valence-corrected chi connectivity index (χ1v) is 8.34. The Bertz CT molecular complexity index is 685. The number of benzene rings is 1. The lowest BCUT2D eigenvalue weighted by molar-refractivity contribution is -0.119. The van der Waals surface area contributed by atoms with Gasteiger partial charge < -0.3 is 10.1 Å². The number of ether oxygens (including phenoxy) is 1. The predicted octanol–water partition coefficient (Wildman–Crippen LogP) is 4.38. The van der Waals surface area contributed by atoms with Crippen molar-refractivity contribution in [3.8, 4) is 0 Å². The summed E-state index contributed by atoms with van der Waals surface area (Å²) in [5.74, 6) is -0.888. The first kappa shape index (κ1) is 16.2. The summed E-state index contributed by atoms with van der Waals surface area (Å²) in [5.41, 5.74) is 1.72. The second-order valence-corrected chi connectivity index (χ2v) is 7.51. The van der Waals surface area contributed by atoms with E-state index in [0.717, 1.165) is 13.8 Å². The highest BCUT2D eigenvalue weighted by atomic mass is 79.9. The Morgan fingerprint density at radius 2 is 2.00 bits per heavy atom. The van der Waals surface area contributed by atoms with Crippen molar-refractivity contribution < 1.29 is 14.3 Å². The number of rotatable bonds is 4. The van der Waals surface area contributed by atoms with Crippen LogP contribution in [-0.4, -0.2) is 18.5 Å². The van der Waals surface area contributed by atoms with Crippen LogP contribution in [-0.2, 0) is 9.53 Å². The highest BCUT2D eigenvalue weighted by molar-refractivity contribution is 9.11. The smallest absolute Gasteiger partial charge is 0.348 e. The number of hydrogen-bond donors (Lipinski definition) is 1. The number of halogens is 2. The van der Waals surface area contributed by atoms with Gasteiger partial charge in [-0.25, -0.2) is 4.79 Å². The summed E-state index contributed by atoms with van der Waals surface area (Å²) in [6.45, 7) is 1.64. The van der Waals surface area contributed by atoms with Crippen LogP contribution in [0.3, 0.4) is 0 Å². The monoisotopic (exact) mass is 431 g/mol. The first-order chi connectivity index (χ1) is 9.95. The second-order valence-electron chi connectivity index (χ2n) is 4.19. The quantitative estimate of drug-likeness (QED) is 0.729. The van der Waals surface area contributed by atoms with Gasteiger partial charge in [0.2, 0.25) is 0 Å². The van der Waals surface area contributed by atoms with E-state index in [0.29, 0.717) is 10.6 Å². The molecule has 0 bridgehead atoms. The van der Waals surface area contributed by atoms with Crippen LogP contribution in [0.2, 0.25) is 0 Å². The first-order valence-electron chi connectivity index (χ1n) is 5.94.